The van der Waals surface area contributed by atoms with Crippen LogP contribution in [0.1, 0.15) is 23.2 Å². The molecule has 19 heavy (non-hydrogen) atoms. The second-order valence-electron chi connectivity index (χ2n) is 4.40. The van der Waals surface area contributed by atoms with Gasteiger partial charge in [-0.3, -0.25) is 9.59 Å². The number of aliphatic carboxylic acids is 1. The van der Waals surface area contributed by atoms with Crippen LogP contribution in [0.15, 0.2) is 18.2 Å². The summed E-state index contributed by atoms with van der Waals surface area (Å²) >= 11 is 2.06. The Labute approximate surface area is 124 Å². The van der Waals surface area contributed by atoms with Crippen molar-refractivity contribution < 1.29 is 19.4 Å². The maximum Gasteiger partial charge on any atom is 0.323 e. The van der Waals surface area contributed by atoms with Gasteiger partial charge in [-0.1, -0.05) is 0 Å². The van der Waals surface area contributed by atoms with Crippen molar-refractivity contribution in [3.05, 3.63) is 27.3 Å². The second-order valence-corrected chi connectivity index (χ2v) is 5.57. The fourth-order valence-electron chi connectivity index (χ4n) is 1.85. The third kappa shape index (κ3) is 3.37. The quantitative estimate of drug-likeness (QED) is 0.800. The van der Waals surface area contributed by atoms with E-state index in [1.807, 2.05) is 0 Å². The molecule has 0 aliphatic heterocycles. The molecule has 0 aromatic heterocycles. The highest BCUT2D eigenvalue weighted by atomic mass is 127. The summed E-state index contributed by atoms with van der Waals surface area (Å²) in [5.41, 5.74) is 0.523. The zero-order chi connectivity index (χ0) is 14.0. The number of carboxylic acid groups (broad SMARTS) is 1. The number of halogens is 1. The zero-order valence-electron chi connectivity index (χ0n) is 10.4. The van der Waals surface area contributed by atoms with Gasteiger partial charge in [0.15, 0.2) is 0 Å². The summed E-state index contributed by atoms with van der Waals surface area (Å²) in [7, 11) is 1.56. The Morgan fingerprint density at radius 3 is 2.63 bits per heavy atom. The summed E-state index contributed by atoms with van der Waals surface area (Å²) < 4.78 is 5.85. The predicted molar refractivity (Wildman–Crippen MR) is 77.4 cm³/mol. The van der Waals surface area contributed by atoms with Crippen LogP contribution in [-0.2, 0) is 4.79 Å². The number of benzene rings is 1. The Bertz CT molecular complexity index is 513. The molecule has 0 radical (unpaired) electrons. The summed E-state index contributed by atoms with van der Waals surface area (Å²) in [6, 6.07) is 5.22. The molecule has 1 aromatic rings. The van der Waals surface area contributed by atoms with Gasteiger partial charge >= 0.3 is 5.97 Å². The first-order valence-electron chi connectivity index (χ1n) is 5.89. The number of carbonyl (C=O) groups is 2. The van der Waals surface area contributed by atoms with Crippen molar-refractivity contribution in [2.75, 3.05) is 13.7 Å². The summed E-state index contributed by atoms with van der Waals surface area (Å²) in [6.45, 7) is -0.244. The van der Waals surface area contributed by atoms with E-state index < -0.39 is 5.97 Å². The lowest BCUT2D eigenvalue weighted by Gasteiger charge is -2.21. The fraction of sp³-hybridized carbons (Fsp3) is 0.385. The molecule has 0 unspecified atom stereocenters. The van der Waals surface area contributed by atoms with E-state index in [9.17, 15) is 9.59 Å². The van der Waals surface area contributed by atoms with Gasteiger partial charge in [0, 0.05) is 9.61 Å². The average Bonchev–Trinajstić information content (AvgIpc) is 3.19. The molecule has 1 amide bonds. The lowest BCUT2D eigenvalue weighted by atomic mass is 10.2. The van der Waals surface area contributed by atoms with Gasteiger partial charge in [0.2, 0.25) is 0 Å². The normalized spacial score (nSPS) is 14.0. The topological polar surface area (TPSA) is 66.8 Å². The van der Waals surface area contributed by atoms with Crippen LogP contribution in [0.4, 0.5) is 0 Å². The first kappa shape index (κ1) is 14.1. The van der Waals surface area contributed by atoms with E-state index in [1.54, 1.807) is 25.3 Å². The maximum absolute atomic E-state index is 12.4. The van der Waals surface area contributed by atoms with Crippen LogP contribution in [0, 0.1) is 3.57 Å². The number of nitrogens with zero attached hydrogens (tertiary/aromatic N) is 1. The number of amides is 1. The molecular formula is C13H14INO4. The van der Waals surface area contributed by atoms with E-state index >= 15 is 0 Å². The number of hydrogen-bond acceptors (Lipinski definition) is 3. The van der Waals surface area contributed by atoms with Gasteiger partial charge in [0.1, 0.15) is 12.3 Å². The SMILES string of the molecule is COc1ccc(C(=O)N(CC(=O)O)C2CC2)c(I)c1. The van der Waals surface area contributed by atoms with E-state index in [2.05, 4.69) is 22.6 Å². The number of ether oxygens (including phenoxy) is 1. The van der Waals surface area contributed by atoms with Crippen LogP contribution in [-0.4, -0.2) is 41.6 Å². The molecule has 0 bridgehead atoms. The van der Waals surface area contributed by atoms with E-state index in [4.69, 9.17) is 9.84 Å². The van der Waals surface area contributed by atoms with Crippen LogP contribution in [0.5, 0.6) is 5.75 Å². The lowest BCUT2D eigenvalue weighted by Crippen LogP contribution is -2.37. The molecule has 1 aromatic carbocycles. The molecule has 5 nitrogen and oxygen atoms in total. The minimum atomic E-state index is -0.983. The molecule has 1 aliphatic rings. The van der Waals surface area contributed by atoms with Crippen molar-refractivity contribution in [3.8, 4) is 5.75 Å². The molecule has 1 saturated carbocycles. The van der Waals surface area contributed by atoms with E-state index in [0.29, 0.717) is 11.3 Å². The highest BCUT2D eigenvalue weighted by Crippen LogP contribution is 2.29. The van der Waals surface area contributed by atoms with Crippen molar-refractivity contribution in [2.24, 2.45) is 0 Å². The molecule has 0 spiro atoms. The van der Waals surface area contributed by atoms with Gasteiger partial charge in [-0.05, 0) is 53.6 Å². The number of methoxy groups -OCH3 is 1. The molecule has 1 fully saturated rings. The Balaban J connectivity index is 2.23. The Morgan fingerprint density at radius 2 is 2.16 bits per heavy atom. The lowest BCUT2D eigenvalue weighted by molar-refractivity contribution is -0.137. The molecular weight excluding hydrogens is 361 g/mol. The average molecular weight is 375 g/mol. The van der Waals surface area contributed by atoms with Crippen molar-refractivity contribution in [3.63, 3.8) is 0 Å². The minimum Gasteiger partial charge on any atom is -0.497 e. The molecule has 2 rings (SSSR count). The molecule has 0 saturated heterocycles. The Kier molecular flexibility index (Phi) is 4.28. The smallest absolute Gasteiger partial charge is 0.323 e. The minimum absolute atomic E-state index is 0.0708. The van der Waals surface area contributed by atoms with Crippen LogP contribution in [0.2, 0.25) is 0 Å². The molecule has 1 aliphatic carbocycles. The highest BCUT2D eigenvalue weighted by molar-refractivity contribution is 14.1. The zero-order valence-corrected chi connectivity index (χ0v) is 12.6. The Morgan fingerprint density at radius 1 is 1.47 bits per heavy atom. The standard InChI is InChI=1S/C13H14INO4/c1-19-9-4-5-10(11(14)6-9)13(18)15(7-12(16)17)8-2-3-8/h4-6,8H,2-3,7H2,1H3,(H,16,17). The summed E-state index contributed by atoms with van der Waals surface area (Å²) in [5.74, 6) is -0.530. The number of carbonyl (C=O) groups excluding carboxylic acids is 1. The van der Waals surface area contributed by atoms with E-state index in [0.717, 1.165) is 16.4 Å². The maximum atomic E-state index is 12.4. The number of carboxylic acids is 1. The number of rotatable bonds is 5. The molecule has 1 N–H and O–H groups in total. The van der Waals surface area contributed by atoms with Gasteiger partial charge in [-0.2, -0.15) is 0 Å². The third-order valence-electron chi connectivity index (χ3n) is 2.96. The van der Waals surface area contributed by atoms with Crippen molar-refractivity contribution in [2.45, 2.75) is 18.9 Å². The van der Waals surface area contributed by atoms with Gasteiger partial charge < -0.3 is 14.7 Å². The van der Waals surface area contributed by atoms with E-state index in [1.165, 1.54) is 4.90 Å². The second kappa shape index (κ2) is 5.77. The summed E-state index contributed by atoms with van der Waals surface area (Å²) in [5, 5.41) is 8.89. The van der Waals surface area contributed by atoms with Gasteiger partial charge in [0.25, 0.3) is 5.91 Å². The monoisotopic (exact) mass is 375 g/mol. The van der Waals surface area contributed by atoms with Crippen LogP contribution < -0.4 is 4.74 Å². The molecule has 0 heterocycles. The molecule has 6 heteroatoms. The van der Waals surface area contributed by atoms with Crippen molar-refractivity contribution in [1.29, 1.82) is 0 Å². The van der Waals surface area contributed by atoms with Gasteiger partial charge in [-0.25, -0.2) is 0 Å². The summed E-state index contributed by atoms with van der Waals surface area (Å²) in [4.78, 5) is 24.7. The fourth-order valence-corrected chi connectivity index (χ4v) is 2.57. The third-order valence-corrected chi connectivity index (χ3v) is 3.85. The first-order valence-corrected chi connectivity index (χ1v) is 6.97. The van der Waals surface area contributed by atoms with Crippen LogP contribution >= 0.6 is 22.6 Å². The molecule has 102 valence electrons. The first-order chi connectivity index (χ1) is 9.02. The summed E-state index contributed by atoms with van der Waals surface area (Å²) in [6.07, 6.45) is 1.76. The Hall–Kier alpha value is -1.31. The number of hydrogen-bond donors (Lipinski definition) is 1. The molecule has 0 atom stereocenters. The van der Waals surface area contributed by atoms with E-state index in [-0.39, 0.29) is 18.5 Å². The van der Waals surface area contributed by atoms with Crippen LogP contribution in [0.25, 0.3) is 0 Å². The predicted octanol–water partition coefficient (Wildman–Crippen LogP) is 1.99. The largest absolute Gasteiger partial charge is 0.497 e. The van der Waals surface area contributed by atoms with Gasteiger partial charge in [-0.15, -0.1) is 0 Å². The van der Waals surface area contributed by atoms with Gasteiger partial charge in [0.05, 0.1) is 12.7 Å². The highest BCUT2D eigenvalue weighted by Gasteiger charge is 2.34. The van der Waals surface area contributed by atoms with Crippen LogP contribution in [0.3, 0.4) is 0 Å². The van der Waals surface area contributed by atoms with Crippen molar-refractivity contribution >= 4 is 34.5 Å². The van der Waals surface area contributed by atoms with Crippen molar-refractivity contribution in [1.82, 2.24) is 4.90 Å².